The molecule has 2 aromatic rings. The van der Waals surface area contributed by atoms with Crippen LogP contribution in [0.1, 0.15) is 11.1 Å². The predicted molar refractivity (Wildman–Crippen MR) is 125 cm³/mol. The second-order valence-corrected chi connectivity index (χ2v) is 11.6. The molecule has 0 fully saturated rings. The van der Waals surface area contributed by atoms with E-state index in [0.29, 0.717) is 36.6 Å². The maximum absolute atomic E-state index is 11.7. The van der Waals surface area contributed by atoms with Crippen LogP contribution < -0.4 is 14.2 Å². The van der Waals surface area contributed by atoms with E-state index in [1.165, 1.54) is 0 Å². The molecular weight excluding hydrogens is 454 g/mol. The topological polar surface area (TPSA) is 125 Å². The molecule has 0 amide bonds. The highest BCUT2D eigenvalue weighted by atomic mass is 32.2. The minimum atomic E-state index is -3.29. The highest BCUT2D eigenvalue weighted by molar-refractivity contribution is 7.92. The molecule has 1 aliphatic rings. The van der Waals surface area contributed by atoms with Crippen molar-refractivity contribution in [2.45, 2.75) is 18.9 Å². The summed E-state index contributed by atoms with van der Waals surface area (Å²) in [5.41, 5.74) is 2.91. The standard InChI is InChI=1S/C21H29N3O6S2/c1-24(12-10-16-6-8-17(9-7-16)22-31(2,26)27)14-18(25)15-30-21-5-3-4-20-19(21)11-13-32(28,29)23-20/h3-9,18,22-23,25H,10-15H2,1-2H3. The van der Waals surface area contributed by atoms with E-state index in [0.717, 1.165) is 23.8 Å². The van der Waals surface area contributed by atoms with Crippen molar-refractivity contribution in [3.8, 4) is 5.75 Å². The van der Waals surface area contributed by atoms with Crippen molar-refractivity contribution in [3.63, 3.8) is 0 Å². The summed E-state index contributed by atoms with van der Waals surface area (Å²) in [5, 5.41) is 10.4. The van der Waals surface area contributed by atoms with Gasteiger partial charge in [-0.3, -0.25) is 9.44 Å². The van der Waals surface area contributed by atoms with Gasteiger partial charge in [-0.05, 0) is 49.7 Å². The van der Waals surface area contributed by atoms with Crippen LogP contribution in [0.3, 0.4) is 0 Å². The first-order chi connectivity index (χ1) is 15.0. The molecule has 11 heteroatoms. The van der Waals surface area contributed by atoms with Crippen molar-refractivity contribution < 1.29 is 26.7 Å². The molecule has 1 heterocycles. The summed E-state index contributed by atoms with van der Waals surface area (Å²) >= 11 is 0. The number of benzene rings is 2. The Morgan fingerprint density at radius 1 is 1.22 bits per heavy atom. The maximum atomic E-state index is 11.7. The molecule has 0 aliphatic carbocycles. The summed E-state index contributed by atoms with van der Waals surface area (Å²) < 4.78 is 56.7. The summed E-state index contributed by atoms with van der Waals surface area (Å²) in [6.07, 6.45) is 1.52. The third kappa shape index (κ3) is 7.37. The second kappa shape index (κ2) is 10.1. The molecule has 9 nitrogen and oxygen atoms in total. The van der Waals surface area contributed by atoms with Crippen LogP contribution in [0.25, 0.3) is 0 Å². The molecule has 176 valence electrons. The van der Waals surface area contributed by atoms with Gasteiger partial charge in [-0.1, -0.05) is 18.2 Å². The molecule has 3 rings (SSSR count). The number of aliphatic hydroxyl groups excluding tert-OH is 1. The van der Waals surface area contributed by atoms with Gasteiger partial charge in [0.15, 0.2) is 0 Å². The van der Waals surface area contributed by atoms with Gasteiger partial charge in [-0.2, -0.15) is 0 Å². The number of aliphatic hydroxyl groups is 1. The lowest BCUT2D eigenvalue weighted by atomic mass is 10.1. The van der Waals surface area contributed by atoms with Gasteiger partial charge in [-0.25, -0.2) is 16.8 Å². The van der Waals surface area contributed by atoms with Gasteiger partial charge >= 0.3 is 0 Å². The van der Waals surface area contributed by atoms with Gasteiger partial charge in [0.25, 0.3) is 0 Å². The van der Waals surface area contributed by atoms with Gasteiger partial charge in [0.05, 0.1) is 17.7 Å². The number of anilines is 2. The summed E-state index contributed by atoms with van der Waals surface area (Å²) in [6.45, 7) is 1.22. The second-order valence-electron chi connectivity index (χ2n) is 8.00. The fourth-order valence-electron chi connectivity index (χ4n) is 3.47. The monoisotopic (exact) mass is 483 g/mol. The highest BCUT2D eigenvalue weighted by Gasteiger charge is 2.23. The average Bonchev–Trinajstić information content (AvgIpc) is 2.69. The quantitative estimate of drug-likeness (QED) is 0.465. The van der Waals surface area contributed by atoms with Crippen molar-refractivity contribution in [1.82, 2.24) is 4.90 Å². The number of nitrogens with one attached hydrogen (secondary N) is 2. The Morgan fingerprint density at radius 2 is 1.94 bits per heavy atom. The minimum absolute atomic E-state index is 0.0109. The van der Waals surface area contributed by atoms with E-state index >= 15 is 0 Å². The molecule has 0 spiro atoms. The van der Waals surface area contributed by atoms with Crippen molar-refractivity contribution in [2.24, 2.45) is 0 Å². The summed E-state index contributed by atoms with van der Waals surface area (Å²) in [5.74, 6) is 0.589. The summed E-state index contributed by atoms with van der Waals surface area (Å²) in [4.78, 5) is 1.99. The fraction of sp³-hybridized carbons (Fsp3) is 0.429. The van der Waals surface area contributed by atoms with E-state index in [2.05, 4.69) is 9.44 Å². The lowest BCUT2D eigenvalue weighted by Gasteiger charge is -2.23. The number of hydrogen-bond acceptors (Lipinski definition) is 7. The van der Waals surface area contributed by atoms with Crippen LogP contribution in [0.4, 0.5) is 11.4 Å². The summed E-state index contributed by atoms with van der Waals surface area (Å²) in [7, 11) is -4.68. The van der Waals surface area contributed by atoms with Crippen molar-refractivity contribution in [1.29, 1.82) is 0 Å². The van der Waals surface area contributed by atoms with E-state index in [-0.39, 0.29) is 12.4 Å². The van der Waals surface area contributed by atoms with E-state index in [1.54, 1.807) is 30.3 Å². The first-order valence-electron chi connectivity index (χ1n) is 10.2. The van der Waals surface area contributed by atoms with Crippen LogP contribution in [0, 0.1) is 0 Å². The van der Waals surface area contributed by atoms with E-state index in [4.69, 9.17) is 4.74 Å². The highest BCUT2D eigenvalue weighted by Crippen LogP contribution is 2.31. The molecule has 0 saturated carbocycles. The summed E-state index contributed by atoms with van der Waals surface area (Å²) in [6, 6.07) is 12.4. The molecule has 32 heavy (non-hydrogen) atoms. The van der Waals surface area contributed by atoms with E-state index < -0.39 is 26.2 Å². The number of rotatable bonds is 10. The zero-order valence-electron chi connectivity index (χ0n) is 18.1. The van der Waals surface area contributed by atoms with E-state index in [9.17, 15) is 21.9 Å². The largest absolute Gasteiger partial charge is 0.490 e. The van der Waals surface area contributed by atoms with Crippen LogP contribution in [0.5, 0.6) is 5.75 Å². The first kappa shape index (κ1) is 24.3. The van der Waals surface area contributed by atoms with E-state index in [1.807, 2.05) is 24.1 Å². The average molecular weight is 484 g/mol. The molecule has 0 saturated heterocycles. The van der Waals surface area contributed by atoms with Crippen molar-refractivity contribution >= 4 is 31.4 Å². The molecule has 0 radical (unpaired) electrons. The zero-order valence-corrected chi connectivity index (χ0v) is 19.7. The van der Waals surface area contributed by atoms with Crippen LogP contribution in [-0.2, 0) is 32.9 Å². The maximum Gasteiger partial charge on any atom is 0.233 e. The number of sulfonamides is 2. The van der Waals surface area contributed by atoms with Gasteiger partial charge in [-0.15, -0.1) is 0 Å². The molecular formula is C21H29N3O6S2. The first-order valence-corrected chi connectivity index (χ1v) is 13.7. The molecule has 0 bridgehead atoms. The number of likely N-dealkylation sites (N-methyl/N-ethyl adjacent to an activating group) is 1. The van der Waals surface area contributed by atoms with Crippen LogP contribution in [0.15, 0.2) is 42.5 Å². The SMILES string of the molecule is CN(CCc1ccc(NS(C)(=O)=O)cc1)CC(O)COc1cccc2c1CCS(=O)(=O)N2. The minimum Gasteiger partial charge on any atom is -0.490 e. The fourth-order valence-corrected chi connectivity index (χ4v) is 5.14. The Hall–Kier alpha value is -2.34. The Balaban J connectivity index is 1.45. The zero-order chi connectivity index (χ0) is 23.4. The van der Waals surface area contributed by atoms with Crippen LogP contribution in [0.2, 0.25) is 0 Å². The van der Waals surface area contributed by atoms with Crippen LogP contribution in [-0.4, -0.2) is 71.7 Å². The Morgan fingerprint density at radius 3 is 2.62 bits per heavy atom. The predicted octanol–water partition coefficient (Wildman–Crippen LogP) is 1.27. The normalized spacial score (nSPS) is 16.1. The van der Waals surface area contributed by atoms with Gasteiger partial charge in [0, 0.05) is 24.3 Å². The molecule has 2 aromatic carbocycles. The molecule has 1 unspecified atom stereocenters. The number of hydrogen-bond donors (Lipinski definition) is 3. The van der Waals surface area contributed by atoms with Crippen LogP contribution >= 0.6 is 0 Å². The number of nitrogens with zero attached hydrogens (tertiary/aromatic N) is 1. The Bertz CT molecular complexity index is 1130. The van der Waals surface area contributed by atoms with Gasteiger partial charge < -0.3 is 14.7 Å². The third-order valence-electron chi connectivity index (χ3n) is 5.01. The van der Waals surface area contributed by atoms with Gasteiger partial charge in [0.1, 0.15) is 18.5 Å². The van der Waals surface area contributed by atoms with Gasteiger partial charge in [0.2, 0.25) is 20.0 Å². The number of ether oxygens (including phenoxy) is 1. The molecule has 1 atom stereocenters. The smallest absolute Gasteiger partial charge is 0.233 e. The Kier molecular flexibility index (Phi) is 7.65. The van der Waals surface area contributed by atoms with Crippen molar-refractivity contribution in [3.05, 3.63) is 53.6 Å². The molecule has 3 N–H and O–H groups in total. The van der Waals surface area contributed by atoms with Crippen molar-refractivity contribution in [2.75, 3.05) is 48.2 Å². The molecule has 1 aliphatic heterocycles. The molecule has 0 aromatic heterocycles. The lowest BCUT2D eigenvalue weighted by Crippen LogP contribution is -2.34. The number of fused-ring (bicyclic) bond motifs is 1. The third-order valence-corrected chi connectivity index (χ3v) is 6.89. The lowest BCUT2D eigenvalue weighted by molar-refractivity contribution is 0.0763. The Labute approximate surface area is 189 Å².